The average molecular weight is 264 g/mol. The van der Waals surface area contributed by atoms with E-state index in [0.29, 0.717) is 5.41 Å². The van der Waals surface area contributed by atoms with E-state index in [2.05, 4.69) is 17.1 Å². The lowest BCUT2D eigenvalue weighted by atomic mass is 9.73. The topological polar surface area (TPSA) is 15.3 Å². The van der Waals surface area contributed by atoms with Crippen LogP contribution in [0.4, 0.5) is 0 Å². The van der Waals surface area contributed by atoms with Crippen LogP contribution in [0.2, 0.25) is 0 Å². The fraction of sp³-hybridized carbons (Fsp3) is 1.00. The molecule has 110 valence electrons. The van der Waals surface area contributed by atoms with Crippen molar-refractivity contribution < 1.29 is 0 Å². The van der Waals surface area contributed by atoms with Gasteiger partial charge in [0.1, 0.15) is 0 Å². The van der Waals surface area contributed by atoms with Gasteiger partial charge in [0.15, 0.2) is 0 Å². The number of hydrogen-bond acceptors (Lipinski definition) is 2. The van der Waals surface area contributed by atoms with Crippen molar-refractivity contribution in [3.63, 3.8) is 0 Å². The van der Waals surface area contributed by atoms with E-state index in [1.165, 1.54) is 84.1 Å². The Bertz CT molecular complexity index is 283. The van der Waals surface area contributed by atoms with Crippen molar-refractivity contribution in [1.29, 1.82) is 0 Å². The van der Waals surface area contributed by atoms with Gasteiger partial charge < -0.3 is 10.2 Å². The molecule has 0 amide bonds. The minimum atomic E-state index is 0.583. The van der Waals surface area contributed by atoms with E-state index in [9.17, 15) is 0 Å². The molecule has 2 heterocycles. The highest BCUT2D eigenvalue weighted by molar-refractivity contribution is 4.90. The van der Waals surface area contributed by atoms with Gasteiger partial charge in [0, 0.05) is 19.6 Å². The van der Waals surface area contributed by atoms with Crippen molar-refractivity contribution in [3.8, 4) is 0 Å². The van der Waals surface area contributed by atoms with Gasteiger partial charge in [0.05, 0.1) is 0 Å². The summed E-state index contributed by atoms with van der Waals surface area (Å²) >= 11 is 0. The molecule has 3 unspecified atom stereocenters. The van der Waals surface area contributed by atoms with Crippen molar-refractivity contribution in [2.24, 2.45) is 17.3 Å². The molecule has 2 heteroatoms. The Morgan fingerprint density at radius 1 is 1.11 bits per heavy atom. The zero-order chi connectivity index (χ0) is 13.1. The smallest absolute Gasteiger partial charge is 0.00502 e. The summed E-state index contributed by atoms with van der Waals surface area (Å²) in [7, 11) is 0. The molecule has 2 aliphatic heterocycles. The second-order valence-electron chi connectivity index (χ2n) is 7.46. The molecule has 3 rings (SSSR count). The molecule has 3 atom stereocenters. The van der Waals surface area contributed by atoms with E-state index >= 15 is 0 Å². The van der Waals surface area contributed by atoms with Crippen molar-refractivity contribution in [3.05, 3.63) is 0 Å². The molecule has 1 N–H and O–H groups in total. The van der Waals surface area contributed by atoms with Crippen molar-refractivity contribution in [2.45, 2.75) is 58.3 Å². The number of nitrogens with zero attached hydrogens (tertiary/aromatic N) is 1. The third kappa shape index (κ3) is 3.16. The Labute approximate surface area is 119 Å². The Morgan fingerprint density at radius 2 is 1.95 bits per heavy atom. The summed E-state index contributed by atoms with van der Waals surface area (Å²) in [5.74, 6) is 2.11. The van der Waals surface area contributed by atoms with Crippen LogP contribution in [-0.2, 0) is 0 Å². The lowest BCUT2D eigenvalue weighted by Crippen LogP contribution is -2.51. The van der Waals surface area contributed by atoms with Gasteiger partial charge in [-0.2, -0.15) is 0 Å². The highest BCUT2D eigenvalue weighted by Crippen LogP contribution is 2.38. The molecule has 2 saturated heterocycles. The quantitative estimate of drug-likeness (QED) is 0.841. The number of fused-ring (bicyclic) bond motifs is 1. The van der Waals surface area contributed by atoms with E-state index in [0.717, 1.165) is 11.8 Å². The Kier molecular flexibility index (Phi) is 4.48. The molecule has 0 radical (unpaired) electrons. The predicted octanol–water partition coefficient (Wildman–Crippen LogP) is 3.28. The van der Waals surface area contributed by atoms with Crippen LogP contribution in [0, 0.1) is 17.3 Å². The van der Waals surface area contributed by atoms with Gasteiger partial charge in [-0.1, -0.05) is 26.2 Å². The summed E-state index contributed by atoms with van der Waals surface area (Å²) in [6.07, 6.45) is 11.7. The van der Waals surface area contributed by atoms with Crippen LogP contribution in [0.1, 0.15) is 58.3 Å². The first-order chi connectivity index (χ1) is 9.31. The number of hydrogen-bond donors (Lipinski definition) is 1. The summed E-state index contributed by atoms with van der Waals surface area (Å²) in [5, 5.41) is 3.65. The van der Waals surface area contributed by atoms with Gasteiger partial charge in [-0.05, 0) is 62.4 Å². The molecule has 19 heavy (non-hydrogen) atoms. The first kappa shape index (κ1) is 13.9. The molecular weight excluding hydrogens is 232 g/mol. The standard InChI is InChI=1S/C17H32N2/c1-2-17(9-5-10-18-13-17)14-19-11-8-15-6-3-4-7-16(15)12-19/h15-16,18H,2-14H2,1H3. The molecule has 1 saturated carbocycles. The summed E-state index contributed by atoms with van der Waals surface area (Å²) in [6.45, 7) is 9.05. The summed E-state index contributed by atoms with van der Waals surface area (Å²) in [5.41, 5.74) is 0.583. The summed E-state index contributed by atoms with van der Waals surface area (Å²) in [6, 6.07) is 0. The largest absolute Gasteiger partial charge is 0.316 e. The SMILES string of the molecule is CCC1(CN2CCC3CCCCC3C2)CCCNC1. The lowest BCUT2D eigenvalue weighted by Gasteiger charge is -2.46. The van der Waals surface area contributed by atoms with Crippen LogP contribution in [0.3, 0.4) is 0 Å². The maximum absolute atomic E-state index is 3.65. The maximum Gasteiger partial charge on any atom is 0.00502 e. The van der Waals surface area contributed by atoms with E-state index in [1.807, 2.05) is 0 Å². The molecule has 0 bridgehead atoms. The lowest BCUT2D eigenvalue weighted by molar-refractivity contribution is 0.0401. The Balaban J connectivity index is 1.57. The zero-order valence-corrected chi connectivity index (χ0v) is 12.8. The highest BCUT2D eigenvalue weighted by atomic mass is 15.1. The zero-order valence-electron chi connectivity index (χ0n) is 12.8. The van der Waals surface area contributed by atoms with Gasteiger partial charge in [0.25, 0.3) is 0 Å². The Morgan fingerprint density at radius 3 is 2.68 bits per heavy atom. The van der Waals surface area contributed by atoms with Crippen LogP contribution in [0.15, 0.2) is 0 Å². The van der Waals surface area contributed by atoms with Crippen LogP contribution in [0.25, 0.3) is 0 Å². The number of piperidine rings is 2. The van der Waals surface area contributed by atoms with Crippen molar-refractivity contribution in [2.75, 3.05) is 32.7 Å². The van der Waals surface area contributed by atoms with Gasteiger partial charge >= 0.3 is 0 Å². The highest BCUT2D eigenvalue weighted by Gasteiger charge is 2.36. The molecule has 2 nitrogen and oxygen atoms in total. The van der Waals surface area contributed by atoms with Gasteiger partial charge in [0.2, 0.25) is 0 Å². The maximum atomic E-state index is 3.65. The fourth-order valence-electron chi connectivity index (χ4n) is 4.87. The number of rotatable bonds is 3. The van der Waals surface area contributed by atoms with Gasteiger partial charge in [-0.25, -0.2) is 0 Å². The molecule has 3 aliphatic rings. The van der Waals surface area contributed by atoms with E-state index in [1.54, 1.807) is 0 Å². The molecule has 0 aromatic rings. The third-order valence-electron chi connectivity index (χ3n) is 6.24. The number of nitrogens with one attached hydrogen (secondary N) is 1. The van der Waals surface area contributed by atoms with Crippen LogP contribution < -0.4 is 5.32 Å². The average Bonchev–Trinajstić information content (AvgIpc) is 2.48. The van der Waals surface area contributed by atoms with Gasteiger partial charge in [-0.15, -0.1) is 0 Å². The van der Waals surface area contributed by atoms with Crippen LogP contribution >= 0.6 is 0 Å². The number of likely N-dealkylation sites (tertiary alicyclic amines) is 1. The first-order valence-electron chi connectivity index (χ1n) is 8.74. The van der Waals surface area contributed by atoms with Crippen molar-refractivity contribution >= 4 is 0 Å². The van der Waals surface area contributed by atoms with Crippen molar-refractivity contribution in [1.82, 2.24) is 10.2 Å². The second-order valence-corrected chi connectivity index (χ2v) is 7.46. The van der Waals surface area contributed by atoms with Crippen LogP contribution in [-0.4, -0.2) is 37.6 Å². The summed E-state index contributed by atoms with van der Waals surface area (Å²) in [4.78, 5) is 2.82. The second kappa shape index (κ2) is 6.13. The first-order valence-corrected chi connectivity index (χ1v) is 8.74. The Hall–Kier alpha value is -0.0800. The van der Waals surface area contributed by atoms with E-state index in [-0.39, 0.29) is 0 Å². The van der Waals surface area contributed by atoms with E-state index in [4.69, 9.17) is 0 Å². The van der Waals surface area contributed by atoms with E-state index < -0.39 is 0 Å². The third-order valence-corrected chi connectivity index (χ3v) is 6.24. The minimum absolute atomic E-state index is 0.583. The molecular formula is C17H32N2. The molecule has 0 spiro atoms. The molecule has 1 aliphatic carbocycles. The summed E-state index contributed by atoms with van der Waals surface area (Å²) < 4.78 is 0. The fourth-order valence-corrected chi connectivity index (χ4v) is 4.87. The van der Waals surface area contributed by atoms with Gasteiger partial charge in [-0.3, -0.25) is 0 Å². The normalized spacial score (nSPS) is 40.9. The molecule has 0 aromatic carbocycles. The predicted molar refractivity (Wildman–Crippen MR) is 81.3 cm³/mol. The minimum Gasteiger partial charge on any atom is -0.316 e. The molecule has 3 fully saturated rings. The van der Waals surface area contributed by atoms with Crippen LogP contribution in [0.5, 0.6) is 0 Å². The monoisotopic (exact) mass is 264 g/mol. The molecule has 0 aromatic heterocycles.